The van der Waals surface area contributed by atoms with Gasteiger partial charge in [0, 0.05) is 0 Å². The largest absolute Gasteiger partial charge is 0.508 e. The van der Waals surface area contributed by atoms with Gasteiger partial charge in [-0.1, -0.05) is 116 Å². The maximum Gasteiger partial charge on any atom is 0.119 e. The highest BCUT2D eigenvalue weighted by Gasteiger charge is 2.28. The Labute approximate surface area is 157 Å². The van der Waals surface area contributed by atoms with Gasteiger partial charge in [0.05, 0.1) is 0 Å². The van der Waals surface area contributed by atoms with Crippen LogP contribution in [0.2, 0.25) is 0 Å². The van der Waals surface area contributed by atoms with Gasteiger partial charge in [0.1, 0.15) is 5.75 Å². The van der Waals surface area contributed by atoms with Crippen molar-refractivity contribution < 1.29 is 5.11 Å². The standard InChI is InChI=1S/C24H42O/c1-4-6-8-10-12-16-20-24(3,21-17-13-11-9-7-5-2)22-18-14-15-19-23(22)25/h14-15,18-19,25H,4-13,16-17,20-21H2,1-3H3. The Kier molecular flexibility index (Phi) is 11.7. The van der Waals surface area contributed by atoms with Crippen LogP contribution in [-0.2, 0) is 5.41 Å². The lowest BCUT2D eigenvalue weighted by Gasteiger charge is -2.31. The summed E-state index contributed by atoms with van der Waals surface area (Å²) in [5.74, 6) is 0.488. The van der Waals surface area contributed by atoms with Crippen molar-refractivity contribution >= 4 is 0 Å². The highest BCUT2D eigenvalue weighted by molar-refractivity contribution is 5.38. The predicted octanol–water partition coefficient (Wildman–Crippen LogP) is 8.15. The van der Waals surface area contributed by atoms with Crippen LogP contribution in [-0.4, -0.2) is 5.11 Å². The number of benzene rings is 1. The van der Waals surface area contributed by atoms with Crippen molar-refractivity contribution in [3.63, 3.8) is 0 Å². The second kappa shape index (κ2) is 13.3. The van der Waals surface area contributed by atoms with E-state index >= 15 is 0 Å². The first-order valence-corrected chi connectivity index (χ1v) is 10.9. The van der Waals surface area contributed by atoms with Crippen molar-refractivity contribution in [1.82, 2.24) is 0 Å². The minimum Gasteiger partial charge on any atom is -0.508 e. The molecule has 144 valence electrons. The SMILES string of the molecule is CCCCCCCCC(C)(CCCCCCCC)c1ccccc1O. The number of unbranched alkanes of at least 4 members (excludes halogenated alkanes) is 10. The maximum atomic E-state index is 10.4. The normalized spacial score (nSPS) is 11.8. The molecular weight excluding hydrogens is 304 g/mol. The van der Waals surface area contributed by atoms with E-state index in [1.165, 1.54) is 89.9 Å². The van der Waals surface area contributed by atoms with E-state index in [1.54, 1.807) is 0 Å². The maximum absolute atomic E-state index is 10.4. The molecule has 0 aromatic heterocycles. The first-order valence-electron chi connectivity index (χ1n) is 10.9. The highest BCUT2D eigenvalue weighted by Crippen LogP contribution is 2.39. The summed E-state index contributed by atoms with van der Waals surface area (Å²) in [6.45, 7) is 6.92. The number of rotatable bonds is 15. The molecule has 0 aliphatic rings. The minimum absolute atomic E-state index is 0.126. The molecule has 0 heterocycles. The average Bonchev–Trinajstić information content (AvgIpc) is 2.61. The zero-order chi connectivity index (χ0) is 18.4. The van der Waals surface area contributed by atoms with Gasteiger partial charge in [-0.25, -0.2) is 0 Å². The van der Waals surface area contributed by atoms with Crippen LogP contribution in [0.15, 0.2) is 24.3 Å². The summed E-state index contributed by atoms with van der Waals surface area (Å²) in [6, 6.07) is 8.02. The molecule has 0 aliphatic carbocycles. The van der Waals surface area contributed by atoms with Crippen molar-refractivity contribution in [3.05, 3.63) is 29.8 Å². The Hall–Kier alpha value is -0.980. The molecule has 0 aliphatic heterocycles. The number of para-hydroxylation sites is 1. The van der Waals surface area contributed by atoms with E-state index in [0.717, 1.165) is 5.56 Å². The lowest BCUT2D eigenvalue weighted by Crippen LogP contribution is -2.22. The topological polar surface area (TPSA) is 20.2 Å². The molecule has 1 rings (SSSR count). The first kappa shape index (κ1) is 22.1. The molecule has 25 heavy (non-hydrogen) atoms. The van der Waals surface area contributed by atoms with E-state index in [4.69, 9.17) is 0 Å². The molecule has 0 radical (unpaired) electrons. The molecule has 0 atom stereocenters. The Balaban J connectivity index is 2.53. The molecule has 0 saturated carbocycles. The highest BCUT2D eigenvalue weighted by atomic mass is 16.3. The first-order chi connectivity index (χ1) is 12.1. The zero-order valence-electron chi connectivity index (χ0n) is 17.2. The van der Waals surface area contributed by atoms with Gasteiger partial charge < -0.3 is 5.11 Å². The van der Waals surface area contributed by atoms with E-state index in [9.17, 15) is 5.11 Å². The summed E-state index contributed by atoms with van der Waals surface area (Å²) < 4.78 is 0. The zero-order valence-corrected chi connectivity index (χ0v) is 17.2. The van der Waals surface area contributed by atoms with Crippen LogP contribution in [0.25, 0.3) is 0 Å². The monoisotopic (exact) mass is 346 g/mol. The number of hydrogen-bond donors (Lipinski definition) is 1. The lowest BCUT2D eigenvalue weighted by atomic mass is 9.73. The lowest BCUT2D eigenvalue weighted by molar-refractivity contribution is 0.345. The molecule has 1 heteroatoms. The summed E-state index contributed by atoms with van der Waals surface area (Å²) in [5, 5.41) is 10.4. The van der Waals surface area contributed by atoms with Gasteiger partial charge in [-0.15, -0.1) is 0 Å². The van der Waals surface area contributed by atoms with Crippen molar-refractivity contribution in [2.24, 2.45) is 0 Å². The summed E-state index contributed by atoms with van der Waals surface area (Å²) in [4.78, 5) is 0. The summed E-state index contributed by atoms with van der Waals surface area (Å²) in [5.41, 5.74) is 1.29. The van der Waals surface area contributed by atoms with E-state index in [-0.39, 0.29) is 5.41 Å². The fraction of sp³-hybridized carbons (Fsp3) is 0.750. The van der Waals surface area contributed by atoms with Gasteiger partial charge in [-0.3, -0.25) is 0 Å². The van der Waals surface area contributed by atoms with Crippen molar-refractivity contribution in [1.29, 1.82) is 0 Å². The molecular formula is C24H42O. The molecule has 0 bridgehead atoms. The molecule has 0 fully saturated rings. The van der Waals surface area contributed by atoms with Crippen molar-refractivity contribution in [3.8, 4) is 5.75 Å². The minimum atomic E-state index is 0.126. The van der Waals surface area contributed by atoms with E-state index in [0.29, 0.717) is 5.75 Å². The van der Waals surface area contributed by atoms with E-state index in [1.807, 2.05) is 12.1 Å². The summed E-state index contributed by atoms with van der Waals surface area (Å²) in [6.07, 6.45) is 18.5. The third kappa shape index (κ3) is 8.79. The average molecular weight is 347 g/mol. The van der Waals surface area contributed by atoms with Gasteiger partial charge in [0.2, 0.25) is 0 Å². The molecule has 0 unspecified atom stereocenters. The second-order valence-corrected chi connectivity index (χ2v) is 8.11. The van der Waals surface area contributed by atoms with Crippen molar-refractivity contribution in [2.75, 3.05) is 0 Å². The van der Waals surface area contributed by atoms with Gasteiger partial charge in [-0.05, 0) is 29.9 Å². The summed E-state index contributed by atoms with van der Waals surface area (Å²) in [7, 11) is 0. The molecule has 1 nitrogen and oxygen atoms in total. The van der Waals surface area contributed by atoms with Gasteiger partial charge in [-0.2, -0.15) is 0 Å². The molecule has 0 amide bonds. The van der Waals surface area contributed by atoms with Gasteiger partial charge in [0.25, 0.3) is 0 Å². The molecule has 1 aromatic rings. The summed E-state index contributed by atoms with van der Waals surface area (Å²) >= 11 is 0. The molecule has 1 N–H and O–H groups in total. The number of hydrogen-bond acceptors (Lipinski definition) is 1. The second-order valence-electron chi connectivity index (χ2n) is 8.11. The third-order valence-electron chi connectivity index (χ3n) is 5.72. The molecule has 0 saturated heterocycles. The fourth-order valence-corrected chi connectivity index (χ4v) is 3.97. The number of phenols is 1. The number of phenolic OH excluding ortho intramolecular Hbond substituents is 1. The fourth-order valence-electron chi connectivity index (χ4n) is 3.97. The van der Waals surface area contributed by atoms with E-state index < -0.39 is 0 Å². The Bertz CT molecular complexity index is 421. The molecule has 0 spiro atoms. The van der Waals surface area contributed by atoms with Crippen LogP contribution in [0.5, 0.6) is 5.75 Å². The van der Waals surface area contributed by atoms with Crippen LogP contribution in [0, 0.1) is 0 Å². The van der Waals surface area contributed by atoms with Crippen LogP contribution in [0.3, 0.4) is 0 Å². The smallest absolute Gasteiger partial charge is 0.119 e. The third-order valence-corrected chi connectivity index (χ3v) is 5.72. The number of aromatic hydroxyl groups is 1. The van der Waals surface area contributed by atoms with Crippen LogP contribution >= 0.6 is 0 Å². The van der Waals surface area contributed by atoms with Crippen LogP contribution in [0.1, 0.15) is 116 Å². The molecule has 1 aromatic carbocycles. The van der Waals surface area contributed by atoms with Crippen LogP contribution < -0.4 is 0 Å². The Morgan fingerprint density at radius 2 is 1.12 bits per heavy atom. The van der Waals surface area contributed by atoms with Crippen LogP contribution in [0.4, 0.5) is 0 Å². The quantitative estimate of drug-likeness (QED) is 0.318. The Morgan fingerprint density at radius 1 is 0.680 bits per heavy atom. The van der Waals surface area contributed by atoms with Gasteiger partial charge >= 0.3 is 0 Å². The predicted molar refractivity (Wildman–Crippen MR) is 111 cm³/mol. The Morgan fingerprint density at radius 3 is 1.60 bits per heavy atom. The van der Waals surface area contributed by atoms with E-state index in [2.05, 4.69) is 32.9 Å². The van der Waals surface area contributed by atoms with Gasteiger partial charge in [0.15, 0.2) is 0 Å². The van der Waals surface area contributed by atoms with Crippen molar-refractivity contribution in [2.45, 2.75) is 116 Å².